The predicted molar refractivity (Wildman–Crippen MR) is 101 cm³/mol. The normalized spacial score (nSPS) is 10.2. The molecule has 0 fully saturated rings. The number of nitrogens with zero attached hydrogens (tertiary/aromatic N) is 4. The average Bonchev–Trinajstić information content (AvgIpc) is 3.15. The van der Waals surface area contributed by atoms with Crippen molar-refractivity contribution in [2.24, 2.45) is 0 Å². The number of benzene rings is 2. The third-order valence-corrected chi connectivity index (χ3v) is 3.60. The van der Waals surface area contributed by atoms with E-state index in [2.05, 4.69) is 31.6 Å². The Morgan fingerprint density at radius 3 is 2.61 bits per heavy atom. The lowest BCUT2D eigenvalue weighted by Crippen LogP contribution is -2.49. The minimum absolute atomic E-state index is 0.0933. The van der Waals surface area contributed by atoms with Gasteiger partial charge >= 0.3 is 0 Å². The molecule has 0 aliphatic carbocycles. The van der Waals surface area contributed by atoms with Gasteiger partial charge in [0.05, 0.1) is 0 Å². The van der Waals surface area contributed by atoms with Crippen LogP contribution in [-0.2, 0) is 11.3 Å². The van der Waals surface area contributed by atoms with Crippen LogP contribution in [0.1, 0.15) is 10.4 Å². The van der Waals surface area contributed by atoms with Crippen molar-refractivity contribution in [2.75, 3.05) is 0 Å². The van der Waals surface area contributed by atoms with Crippen LogP contribution in [0.15, 0.2) is 54.6 Å². The molecule has 0 unspecified atom stereocenters. The number of hydrazine groups is 1. The number of halogens is 1. The van der Waals surface area contributed by atoms with Gasteiger partial charge in [-0.15, -0.1) is 10.2 Å². The summed E-state index contributed by atoms with van der Waals surface area (Å²) in [6.07, 6.45) is 0. The van der Waals surface area contributed by atoms with Gasteiger partial charge in [-0.2, -0.15) is 4.80 Å². The van der Waals surface area contributed by atoms with Gasteiger partial charge < -0.3 is 0 Å². The van der Waals surface area contributed by atoms with E-state index in [9.17, 15) is 14.0 Å². The summed E-state index contributed by atoms with van der Waals surface area (Å²) in [5.41, 5.74) is 5.54. The summed E-state index contributed by atoms with van der Waals surface area (Å²) < 4.78 is 13.1. The molecule has 1 heterocycles. The number of hydrogen-bond acceptors (Lipinski definition) is 6. The zero-order valence-electron chi connectivity index (χ0n) is 14.3. The van der Waals surface area contributed by atoms with Crippen molar-refractivity contribution in [1.29, 1.82) is 0 Å². The van der Waals surface area contributed by atoms with Crippen LogP contribution in [-0.4, -0.2) is 37.1 Å². The number of hydrogen-bond donors (Lipinski definition) is 3. The number of amides is 2. The van der Waals surface area contributed by atoms with Crippen LogP contribution in [0.25, 0.3) is 11.4 Å². The molecule has 0 atom stereocenters. The van der Waals surface area contributed by atoms with Crippen molar-refractivity contribution < 1.29 is 14.0 Å². The molecule has 1 aromatic heterocycles. The number of carbonyl (C=O) groups is 2. The van der Waals surface area contributed by atoms with E-state index in [1.807, 2.05) is 30.3 Å². The summed E-state index contributed by atoms with van der Waals surface area (Å²) in [6.45, 7) is -0.215. The zero-order chi connectivity index (χ0) is 19.9. The van der Waals surface area contributed by atoms with E-state index in [4.69, 9.17) is 12.2 Å². The molecule has 2 aromatic carbocycles. The molecule has 0 aliphatic rings. The van der Waals surface area contributed by atoms with Crippen LogP contribution < -0.4 is 16.2 Å². The topological polar surface area (TPSA) is 114 Å². The van der Waals surface area contributed by atoms with Crippen LogP contribution >= 0.6 is 12.2 Å². The largest absolute Gasteiger partial charge is 0.298 e. The summed E-state index contributed by atoms with van der Waals surface area (Å²) in [6, 6.07) is 14.3. The van der Waals surface area contributed by atoms with Gasteiger partial charge in [0.15, 0.2) is 5.11 Å². The predicted octanol–water partition coefficient (Wildman–Crippen LogP) is 0.815. The molecule has 0 spiro atoms. The van der Waals surface area contributed by atoms with Crippen molar-refractivity contribution >= 4 is 29.1 Å². The molecular formula is C17H14FN7O2S. The smallest absolute Gasteiger partial charge is 0.262 e. The van der Waals surface area contributed by atoms with E-state index >= 15 is 0 Å². The van der Waals surface area contributed by atoms with Gasteiger partial charge in [-0.25, -0.2) is 4.39 Å². The Kier molecular flexibility index (Phi) is 5.97. The van der Waals surface area contributed by atoms with Gasteiger partial charge in [-0.1, -0.05) is 36.4 Å². The van der Waals surface area contributed by atoms with Crippen molar-refractivity contribution in [1.82, 2.24) is 36.4 Å². The van der Waals surface area contributed by atoms with Crippen molar-refractivity contribution in [2.45, 2.75) is 6.54 Å². The van der Waals surface area contributed by atoms with Crippen LogP contribution in [0.2, 0.25) is 0 Å². The van der Waals surface area contributed by atoms with Crippen molar-refractivity contribution in [3.05, 3.63) is 66.0 Å². The average molecular weight is 399 g/mol. The van der Waals surface area contributed by atoms with Gasteiger partial charge in [0.2, 0.25) is 5.82 Å². The monoisotopic (exact) mass is 399 g/mol. The second kappa shape index (κ2) is 8.77. The summed E-state index contributed by atoms with van der Waals surface area (Å²) in [4.78, 5) is 25.0. The Bertz CT molecular complexity index is 1010. The van der Waals surface area contributed by atoms with Crippen LogP contribution in [0.4, 0.5) is 4.39 Å². The number of tetrazole rings is 1. The minimum Gasteiger partial charge on any atom is -0.298 e. The van der Waals surface area contributed by atoms with Gasteiger partial charge in [0.1, 0.15) is 12.4 Å². The fourth-order valence-corrected chi connectivity index (χ4v) is 2.29. The maximum absolute atomic E-state index is 13.1. The van der Waals surface area contributed by atoms with E-state index in [-0.39, 0.29) is 17.2 Å². The molecule has 0 bridgehead atoms. The molecule has 3 rings (SSSR count). The number of nitrogens with one attached hydrogen (secondary N) is 3. The minimum atomic E-state index is -0.614. The Labute approximate surface area is 163 Å². The number of carbonyl (C=O) groups excluding carboxylic acids is 2. The first kappa shape index (κ1) is 19.0. The van der Waals surface area contributed by atoms with Gasteiger partial charge in [0.25, 0.3) is 11.8 Å². The van der Waals surface area contributed by atoms with E-state index in [0.717, 1.165) is 16.4 Å². The highest BCUT2D eigenvalue weighted by molar-refractivity contribution is 7.80. The van der Waals surface area contributed by atoms with E-state index in [1.165, 1.54) is 18.2 Å². The molecule has 3 N–H and O–H groups in total. The molecular weight excluding hydrogens is 385 g/mol. The summed E-state index contributed by atoms with van der Waals surface area (Å²) in [7, 11) is 0. The molecule has 11 heteroatoms. The molecule has 3 aromatic rings. The van der Waals surface area contributed by atoms with Gasteiger partial charge in [-0.3, -0.25) is 25.8 Å². The number of thiocarbonyl (C=S) groups is 1. The Morgan fingerprint density at radius 2 is 1.86 bits per heavy atom. The molecule has 0 aliphatic heterocycles. The van der Waals surface area contributed by atoms with Crippen LogP contribution in [0, 0.1) is 5.82 Å². The molecule has 9 nitrogen and oxygen atoms in total. The number of aromatic nitrogens is 4. The lowest BCUT2D eigenvalue weighted by molar-refractivity contribution is -0.122. The summed E-state index contributed by atoms with van der Waals surface area (Å²) in [5.74, 6) is -1.29. The zero-order valence-corrected chi connectivity index (χ0v) is 15.1. The standard InChI is InChI=1S/C17H14FN7O2S/c18-13-8-4-7-12(9-13)16(27)19-17(28)22-20-14(26)10-25-23-15(21-24-25)11-5-2-1-3-6-11/h1-9H,10H2,(H,20,26)(H2,19,22,27,28). The Hall–Kier alpha value is -3.73. The second-order valence-corrected chi connectivity index (χ2v) is 5.88. The molecule has 0 saturated heterocycles. The van der Waals surface area contributed by atoms with Gasteiger partial charge in [0, 0.05) is 11.1 Å². The summed E-state index contributed by atoms with van der Waals surface area (Å²) >= 11 is 4.91. The van der Waals surface area contributed by atoms with Crippen molar-refractivity contribution in [3.63, 3.8) is 0 Å². The highest BCUT2D eigenvalue weighted by Gasteiger charge is 2.11. The van der Waals surface area contributed by atoms with E-state index in [0.29, 0.717) is 5.82 Å². The Balaban J connectivity index is 1.47. The summed E-state index contributed by atoms with van der Waals surface area (Å²) in [5, 5.41) is 14.0. The fourth-order valence-electron chi connectivity index (χ4n) is 2.14. The van der Waals surface area contributed by atoms with Gasteiger partial charge in [-0.05, 0) is 35.6 Å². The molecule has 2 amide bonds. The molecule has 0 radical (unpaired) electrons. The first-order chi connectivity index (χ1) is 13.5. The third kappa shape index (κ3) is 5.14. The maximum atomic E-state index is 13.1. The number of rotatable bonds is 4. The highest BCUT2D eigenvalue weighted by atomic mass is 32.1. The maximum Gasteiger partial charge on any atom is 0.262 e. The third-order valence-electron chi connectivity index (χ3n) is 3.40. The van der Waals surface area contributed by atoms with E-state index in [1.54, 1.807) is 0 Å². The van der Waals surface area contributed by atoms with E-state index < -0.39 is 17.6 Å². The highest BCUT2D eigenvalue weighted by Crippen LogP contribution is 2.11. The molecule has 142 valence electrons. The molecule has 28 heavy (non-hydrogen) atoms. The lowest BCUT2D eigenvalue weighted by atomic mass is 10.2. The SMILES string of the molecule is O=C(Cn1nnc(-c2ccccc2)n1)NNC(=S)NC(=O)c1cccc(F)c1. The van der Waals surface area contributed by atoms with Crippen LogP contribution in [0.3, 0.4) is 0 Å². The second-order valence-electron chi connectivity index (χ2n) is 5.48. The first-order valence-electron chi connectivity index (χ1n) is 8.00. The fraction of sp³-hybridized carbons (Fsp3) is 0.0588. The van der Waals surface area contributed by atoms with Crippen molar-refractivity contribution in [3.8, 4) is 11.4 Å². The van der Waals surface area contributed by atoms with Crippen LogP contribution in [0.5, 0.6) is 0 Å². The quantitative estimate of drug-likeness (QED) is 0.440. The lowest BCUT2D eigenvalue weighted by Gasteiger charge is -2.10. The molecule has 0 saturated carbocycles. The Morgan fingerprint density at radius 1 is 1.07 bits per heavy atom. The first-order valence-corrected chi connectivity index (χ1v) is 8.41.